The molecule has 1 aliphatic rings. The number of aromatic nitrogens is 2. The molecule has 1 aliphatic heterocycles. The molecule has 0 radical (unpaired) electrons. The molecule has 2 aromatic rings. The van der Waals surface area contributed by atoms with Crippen molar-refractivity contribution < 1.29 is 9.52 Å². The maximum Gasteiger partial charge on any atom is 0.247 e. The Bertz CT molecular complexity index is 565. The monoisotopic (exact) mass is 273 g/mol. The van der Waals surface area contributed by atoms with Gasteiger partial charge < -0.3 is 9.52 Å². The smallest absolute Gasteiger partial charge is 0.247 e. The lowest BCUT2D eigenvalue weighted by atomic mass is 10.1. The van der Waals surface area contributed by atoms with E-state index >= 15 is 0 Å². The van der Waals surface area contributed by atoms with Crippen molar-refractivity contribution in [3.8, 4) is 11.5 Å². The second-order valence-corrected chi connectivity index (χ2v) is 5.32. The molecule has 106 valence electrons. The van der Waals surface area contributed by atoms with E-state index in [0.29, 0.717) is 18.3 Å². The third-order valence-electron chi connectivity index (χ3n) is 3.81. The summed E-state index contributed by atoms with van der Waals surface area (Å²) in [5.74, 6) is 1.17. The normalized spacial score (nSPS) is 19.6. The number of aliphatic hydroxyl groups is 1. The fourth-order valence-corrected chi connectivity index (χ4v) is 2.61. The van der Waals surface area contributed by atoms with Crippen LogP contribution >= 0.6 is 0 Å². The Kier molecular flexibility index (Phi) is 3.80. The van der Waals surface area contributed by atoms with Crippen molar-refractivity contribution in [2.45, 2.75) is 32.4 Å². The van der Waals surface area contributed by atoms with E-state index in [1.807, 2.05) is 31.2 Å². The summed E-state index contributed by atoms with van der Waals surface area (Å²) in [5.41, 5.74) is 2.14. The molecule has 1 saturated heterocycles. The maximum atomic E-state index is 9.32. The summed E-state index contributed by atoms with van der Waals surface area (Å²) in [4.78, 5) is 2.20. The standard InChI is InChI=1S/C15H19N3O2/c1-11-4-6-12(7-5-11)15-17-16-14(20-15)9-18-8-2-3-13(18)10-19/h4-7,13,19H,2-3,8-10H2,1H3/t13-/m0/s1. The van der Waals surface area contributed by atoms with Gasteiger partial charge in [0.05, 0.1) is 13.2 Å². The molecule has 1 aromatic carbocycles. The molecule has 20 heavy (non-hydrogen) atoms. The first-order valence-corrected chi connectivity index (χ1v) is 7.00. The molecule has 1 fully saturated rings. The van der Waals surface area contributed by atoms with Crippen LogP contribution in [0.5, 0.6) is 0 Å². The largest absolute Gasteiger partial charge is 0.419 e. The van der Waals surface area contributed by atoms with Gasteiger partial charge in [0, 0.05) is 11.6 Å². The first-order chi connectivity index (χ1) is 9.76. The van der Waals surface area contributed by atoms with Gasteiger partial charge in [-0.1, -0.05) is 17.7 Å². The molecule has 0 aliphatic carbocycles. The minimum absolute atomic E-state index is 0.193. The molecule has 0 amide bonds. The number of rotatable bonds is 4. The molecular weight excluding hydrogens is 254 g/mol. The predicted molar refractivity (Wildman–Crippen MR) is 75.0 cm³/mol. The van der Waals surface area contributed by atoms with E-state index < -0.39 is 0 Å². The van der Waals surface area contributed by atoms with Crippen LogP contribution in [0.15, 0.2) is 28.7 Å². The minimum atomic E-state index is 0.193. The Morgan fingerprint density at radius 3 is 2.85 bits per heavy atom. The first-order valence-electron chi connectivity index (χ1n) is 7.00. The molecule has 3 rings (SSSR count). The highest BCUT2D eigenvalue weighted by molar-refractivity contribution is 5.52. The van der Waals surface area contributed by atoms with Crippen molar-refractivity contribution in [1.82, 2.24) is 15.1 Å². The zero-order chi connectivity index (χ0) is 13.9. The Hall–Kier alpha value is -1.72. The van der Waals surface area contributed by atoms with E-state index in [1.54, 1.807) is 0 Å². The van der Waals surface area contributed by atoms with Crippen LogP contribution in [0.4, 0.5) is 0 Å². The van der Waals surface area contributed by atoms with E-state index in [1.165, 1.54) is 5.56 Å². The fourth-order valence-electron chi connectivity index (χ4n) is 2.61. The first kappa shape index (κ1) is 13.3. The molecule has 0 bridgehead atoms. The van der Waals surface area contributed by atoms with Crippen LogP contribution < -0.4 is 0 Å². The SMILES string of the molecule is Cc1ccc(-c2nnc(CN3CCC[C@H]3CO)o2)cc1. The predicted octanol–water partition coefficient (Wildman–Crippen LogP) is 2.00. The van der Waals surface area contributed by atoms with E-state index in [0.717, 1.165) is 24.9 Å². The van der Waals surface area contributed by atoms with Gasteiger partial charge in [0.25, 0.3) is 0 Å². The summed E-state index contributed by atoms with van der Waals surface area (Å²) in [6.07, 6.45) is 2.15. The van der Waals surface area contributed by atoms with E-state index in [-0.39, 0.29) is 12.6 Å². The highest BCUT2D eigenvalue weighted by Crippen LogP contribution is 2.22. The van der Waals surface area contributed by atoms with Crippen LogP contribution in [0.25, 0.3) is 11.5 Å². The second kappa shape index (κ2) is 5.73. The maximum absolute atomic E-state index is 9.32. The van der Waals surface area contributed by atoms with Gasteiger partial charge in [0.2, 0.25) is 11.8 Å². The number of hydrogen-bond acceptors (Lipinski definition) is 5. The van der Waals surface area contributed by atoms with Gasteiger partial charge in [-0.05, 0) is 38.4 Å². The number of nitrogens with zero attached hydrogens (tertiary/aromatic N) is 3. The quantitative estimate of drug-likeness (QED) is 0.923. The average Bonchev–Trinajstić information content (AvgIpc) is 3.09. The van der Waals surface area contributed by atoms with Gasteiger partial charge in [-0.25, -0.2) is 0 Å². The molecule has 1 atom stereocenters. The van der Waals surface area contributed by atoms with Crippen LogP contribution in [0.1, 0.15) is 24.3 Å². The van der Waals surface area contributed by atoms with Crippen LogP contribution in [0.3, 0.4) is 0 Å². The number of aliphatic hydroxyl groups excluding tert-OH is 1. The summed E-state index contributed by atoms with van der Waals surface area (Å²) < 4.78 is 5.72. The average molecular weight is 273 g/mol. The van der Waals surface area contributed by atoms with Crippen LogP contribution in [-0.2, 0) is 6.54 Å². The van der Waals surface area contributed by atoms with Gasteiger partial charge in [0.1, 0.15) is 0 Å². The zero-order valence-corrected chi connectivity index (χ0v) is 11.6. The Morgan fingerprint density at radius 2 is 2.10 bits per heavy atom. The van der Waals surface area contributed by atoms with Gasteiger partial charge in [-0.2, -0.15) is 0 Å². The Labute approximate surface area is 118 Å². The van der Waals surface area contributed by atoms with Crippen molar-refractivity contribution in [1.29, 1.82) is 0 Å². The number of aryl methyl sites for hydroxylation is 1. The number of likely N-dealkylation sites (tertiary alicyclic amines) is 1. The fraction of sp³-hybridized carbons (Fsp3) is 0.467. The summed E-state index contributed by atoms with van der Waals surface area (Å²) >= 11 is 0. The number of benzene rings is 1. The second-order valence-electron chi connectivity index (χ2n) is 5.32. The van der Waals surface area contributed by atoms with Crippen LogP contribution in [0, 0.1) is 6.92 Å². The molecule has 5 heteroatoms. The summed E-state index contributed by atoms with van der Waals surface area (Å²) in [7, 11) is 0. The van der Waals surface area contributed by atoms with Gasteiger partial charge >= 0.3 is 0 Å². The molecule has 1 N–H and O–H groups in total. The summed E-state index contributed by atoms with van der Waals surface area (Å²) in [6.45, 7) is 3.84. The van der Waals surface area contributed by atoms with Crippen molar-refractivity contribution in [2.75, 3.05) is 13.2 Å². The lowest BCUT2D eigenvalue weighted by molar-refractivity contribution is 0.144. The van der Waals surface area contributed by atoms with Crippen molar-refractivity contribution in [2.24, 2.45) is 0 Å². The van der Waals surface area contributed by atoms with Crippen LogP contribution in [0.2, 0.25) is 0 Å². The molecule has 0 saturated carbocycles. The van der Waals surface area contributed by atoms with Gasteiger partial charge in [-0.15, -0.1) is 10.2 Å². The highest BCUT2D eigenvalue weighted by Gasteiger charge is 2.25. The van der Waals surface area contributed by atoms with Gasteiger partial charge in [0.15, 0.2) is 0 Å². The van der Waals surface area contributed by atoms with E-state index in [9.17, 15) is 5.11 Å². The van der Waals surface area contributed by atoms with Crippen molar-refractivity contribution in [3.63, 3.8) is 0 Å². The number of hydrogen-bond donors (Lipinski definition) is 1. The van der Waals surface area contributed by atoms with E-state index in [2.05, 4.69) is 15.1 Å². The topological polar surface area (TPSA) is 62.4 Å². The zero-order valence-electron chi connectivity index (χ0n) is 11.6. The third-order valence-corrected chi connectivity index (χ3v) is 3.81. The summed E-state index contributed by atoms with van der Waals surface area (Å²) in [5, 5.41) is 17.5. The Balaban J connectivity index is 1.72. The molecule has 0 spiro atoms. The third kappa shape index (κ3) is 2.73. The highest BCUT2D eigenvalue weighted by atomic mass is 16.4. The van der Waals surface area contributed by atoms with Crippen molar-refractivity contribution >= 4 is 0 Å². The van der Waals surface area contributed by atoms with Crippen molar-refractivity contribution in [3.05, 3.63) is 35.7 Å². The van der Waals surface area contributed by atoms with Crippen LogP contribution in [-0.4, -0.2) is 39.4 Å². The minimum Gasteiger partial charge on any atom is -0.419 e. The lowest BCUT2D eigenvalue weighted by Crippen LogP contribution is -2.31. The molecule has 0 unspecified atom stereocenters. The van der Waals surface area contributed by atoms with Gasteiger partial charge in [-0.3, -0.25) is 4.90 Å². The Morgan fingerprint density at radius 1 is 1.30 bits per heavy atom. The molecule has 2 heterocycles. The summed E-state index contributed by atoms with van der Waals surface area (Å²) in [6, 6.07) is 8.26. The molecule has 1 aromatic heterocycles. The van der Waals surface area contributed by atoms with E-state index in [4.69, 9.17) is 4.42 Å². The molecular formula is C15H19N3O2. The lowest BCUT2D eigenvalue weighted by Gasteiger charge is -2.20. The molecule has 5 nitrogen and oxygen atoms in total.